The maximum atomic E-state index is 9.74. The molecule has 0 aromatic rings. The molecule has 0 heterocycles. The molecule has 0 aromatic carbocycles. The maximum Gasteiger partial charge on any atom is 0.526 e. The fourth-order valence-corrected chi connectivity index (χ4v) is 0.502. The van der Waals surface area contributed by atoms with Crippen LogP contribution in [0.2, 0.25) is 0 Å². The molecule has 0 aliphatic rings. The molecule has 0 radical (unpaired) electrons. The molecule has 0 fully saturated rings. The van der Waals surface area contributed by atoms with Gasteiger partial charge in [-0.05, 0) is 0 Å². The first-order valence-electron chi connectivity index (χ1n) is 1.67. The van der Waals surface area contributed by atoms with E-state index in [9.17, 15) is 9.36 Å². The summed E-state index contributed by atoms with van der Waals surface area (Å²) in [7, 11) is -4.57. The first kappa shape index (κ1) is 16.7. The topological polar surface area (TPSA) is 119 Å². The maximum absolute atomic E-state index is 9.74. The third kappa shape index (κ3) is 15.8. The van der Waals surface area contributed by atoms with Gasteiger partial charge in [-0.15, -0.1) is 0 Å². The smallest absolute Gasteiger partial charge is 0.371 e. The molecule has 60 valence electrons. The Hall–Kier alpha value is 0.346. The number of phosphoric acid groups is 1. The van der Waals surface area contributed by atoms with E-state index in [0.717, 1.165) is 6.92 Å². The quantitative estimate of drug-likeness (QED) is 0.350. The summed E-state index contributed by atoms with van der Waals surface area (Å²) in [5.41, 5.74) is 0. The predicted octanol–water partition coefficient (Wildman–Crippen LogP) is -1.11. The van der Waals surface area contributed by atoms with Gasteiger partial charge in [0, 0.05) is 6.92 Å². The van der Waals surface area contributed by atoms with E-state index in [1.807, 2.05) is 0 Å². The molecule has 6 nitrogen and oxygen atoms in total. The van der Waals surface area contributed by atoms with E-state index in [2.05, 4.69) is 4.52 Å². The molecule has 0 rings (SSSR count). The van der Waals surface area contributed by atoms with Crippen molar-refractivity contribution in [2.75, 3.05) is 0 Å². The fourth-order valence-electron chi connectivity index (χ4n) is 0.167. The SMILES string of the molecule is CC(=O)OP(=O)(O)O.N.[MgH2]. The highest BCUT2D eigenvalue weighted by molar-refractivity contribution is 7.46. The van der Waals surface area contributed by atoms with Crippen LogP contribution < -0.4 is 6.15 Å². The Morgan fingerprint density at radius 1 is 1.50 bits per heavy atom. The summed E-state index contributed by atoms with van der Waals surface area (Å²) in [5, 5.41) is 0. The zero-order valence-electron chi connectivity index (χ0n) is 4.77. The lowest BCUT2D eigenvalue weighted by atomic mass is 10.9. The van der Waals surface area contributed by atoms with Crippen LogP contribution in [0, 0.1) is 0 Å². The standard InChI is InChI=1S/C2H5O5P.Mg.H3N.2H/c1-2(3)7-8(4,5)6;;;;/h1H3,(H2,4,5,6);;1H3;;. The van der Waals surface area contributed by atoms with E-state index in [0.29, 0.717) is 0 Å². The van der Waals surface area contributed by atoms with Gasteiger partial charge < -0.3 is 10.7 Å². The van der Waals surface area contributed by atoms with Gasteiger partial charge in [-0.25, -0.2) is 4.57 Å². The second-order valence-corrected chi connectivity index (χ2v) is 2.24. The minimum Gasteiger partial charge on any atom is -0.371 e. The monoisotopic (exact) mass is 183 g/mol. The van der Waals surface area contributed by atoms with Crippen LogP contribution in [-0.2, 0) is 13.9 Å². The van der Waals surface area contributed by atoms with Crippen molar-refractivity contribution in [3.63, 3.8) is 0 Å². The number of carbonyl (C=O) groups excluding carboxylic acids is 1. The van der Waals surface area contributed by atoms with Gasteiger partial charge >= 0.3 is 36.8 Å². The molecular weight excluding hydrogens is 173 g/mol. The van der Waals surface area contributed by atoms with Gasteiger partial charge in [0.05, 0.1) is 0 Å². The Kier molecular flexibility index (Phi) is 10.2. The van der Waals surface area contributed by atoms with E-state index in [1.165, 1.54) is 0 Å². The van der Waals surface area contributed by atoms with Gasteiger partial charge in [-0.1, -0.05) is 0 Å². The molecule has 8 heteroatoms. The predicted molar refractivity (Wildman–Crippen MR) is 37.4 cm³/mol. The van der Waals surface area contributed by atoms with E-state index in [1.54, 1.807) is 0 Å². The Balaban J connectivity index is -0.000000245. The van der Waals surface area contributed by atoms with Crippen molar-refractivity contribution in [3.05, 3.63) is 0 Å². The van der Waals surface area contributed by atoms with Crippen LogP contribution in [0.3, 0.4) is 0 Å². The highest BCUT2D eigenvalue weighted by Crippen LogP contribution is 2.35. The fraction of sp³-hybridized carbons (Fsp3) is 0.500. The largest absolute Gasteiger partial charge is 0.526 e. The van der Waals surface area contributed by atoms with Crippen molar-refractivity contribution >= 4 is 36.8 Å². The van der Waals surface area contributed by atoms with Crippen molar-refractivity contribution in [2.24, 2.45) is 0 Å². The molecule has 0 unspecified atom stereocenters. The minimum atomic E-state index is -4.57. The van der Waals surface area contributed by atoms with Gasteiger partial charge in [0.15, 0.2) is 0 Å². The summed E-state index contributed by atoms with van der Waals surface area (Å²) in [5.74, 6) is -0.988. The van der Waals surface area contributed by atoms with Crippen LogP contribution in [0.25, 0.3) is 0 Å². The molecule has 0 aromatic heterocycles. The van der Waals surface area contributed by atoms with E-state index in [-0.39, 0.29) is 29.2 Å². The number of hydrogen-bond acceptors (Lipinski definition) is 4. The first-order valence-corrected chi connectivity index (χ1v) is 3.20. The highest BCUT2D eigenvalue weighted by Gasteiger charge is 2.16. The molecule has 0 aliphatic heterocycles. The van der Waals surface area contributed by atoms with Gasteiger partial charge in [0.2, 0.25) is 0 Å². The first-order chi connectivity index (χ1) is 3.42. The average Bonchev–Trinajstić information content (AvgIpc) is 1.21. The molecule has 0 atom stereocenters. The van der Waals surface area contributed by atoms with E-state index >= 15 is 0 Å². The van der Waals surface area contributed by atoms with Gasteiger partial charge in [-0.3, -0.25) is 14.6 Å². The van der Waals surface area contributed by atoms with E-state index < -0.39 is 13.8 Å². The van der Waals surface area contributed by atoms with Gasteiger partial charge in [-0.2, -0.15) is 0 Å². The van der Waals surface area contributed by atoms with Gasteiger partial charge in [0.1, 0.15) is 0 Å². The third-order valence-electron chi connectivity index (χ3n) is 0.247. The van der Waals surface area contributed by atoms with Crippen LogP contribution in [0.4, 0.5) is 0 Å². The van der Waals surface area contributed by atoms with Crippen LogP contribution in [0.15, 0.2) is 0 Å². The highest BCUT2D eigenvalue weighted by atomic mass is 31.2. The summed E-state index contributed by atoms with van der Waals surface area (Å²) in [6.07, 6.45) is 0. The minimum absolute atomic E-state index is 0. The lowest BCUT2D eigenvalue weighted by Crippen LogP contribution is -1.94. The summed E-state index contributed by atoms with van der Waals surface area (Å²) in [4.78, 5) is 25.5. The van der Waals surface area contributed by atoms with Crippen molar-refractivity contribution in [2.45, 2.75) is 6.92 Å². The van der Waals surface area contributed by atoms with Crippen molar-refractivity contribution < 1.29 is 23.7 Å². The number of hydrogen-bond donors (Lipinski definition) is 3. The Bertz CT molecular complexity index is 143. The molecule has 0 saturated carbocycles. The Morgan fingerprint density at radius 2 is 1.80 bits per heavy atom. The average molecular weight is 183 g/mol. The summed E-state index contributed by atoms with van der Waals surface area (Å²) in [6.45, 7) is 0.916. The van der Waals surface area contributed by atoms with Crippen LogP contribution in [0.1, 0.15) is 6.92 Å². The third-order valence-corrected chi connectivity index (χ3v) is 0.742. The summed E-state index contributed by atoms with van der Waals surface area (Å²) < 4.78 is 13.2. The van der Waals surface area contributed by atoms with Crippen molar-refractivity contribution in [1.82, 2.24) is 6.15 Å². The summed E-state index contributed by atoms with van der Waals surface area (Å²) >= 11 is 0. The molecule has 0 aliphatic carbocycles. The van der Waals surface area contributed by atoms with E-state index in [4.69, 9.17) is 9.79 Å². The van der Waals surface area contributed by atoms with Gasteiger partial charge in [0.25, 0.3) is 0 Å². The second kappa shape index (κ2) is 6.08. The zero-order valence-corrected chi connectivity index (χ0v) is 5.67. The molecule has 0 saturated heterocycles. The van der Waals surface area contributed by atoms with Crippen molar-refractivity contribution in [1.29, 1.82) is 0 Å². The van der Waals surface area contributed by atoms with Crippen molar-refractivity contribution in [3.8, 4) is 0 Å². The lowest BCUT2D eigenvalue weighted by Gasteiger charge is -1.98. The lowest BCUT2D eigenvalue weighted by molar-refractivity contribution is -0.133. The molecule has 5 N–H and O–H groups in total. The van der Waals surface area contributed by atoms with Crippen LogP contribution in [0.5, 0.6) is 0 Å². The molecule has 10 heavy (non-hydrogen) atoms. The Morgan fingerprint density at radius 3 is 1.80 bits per heavy atom. The normalized spacial score (nSPS) is 8.70. The number of rotatable bonds is 1. The van der Waals surface area contributed by atoms with Crippen LogP contribution >= 0.6 is 7.82 Å². The molecule has 0 amide bonds. The number of phosphoric ester groups is 1. The number of carbonyl (C=O) groups is 1. The molecular formula is C2H10MgNO5P. The summed E-state index contributed by atoms with van der Waals surface area (Å²) in [6, 6.07) is 0. The zero-order chi connectivity index (χ0) is 6.78. The molecule has 0 bridgehead atoms. The Labute approximate surface area is 73.9 Å². The molecule has 0 spiro atoms. The van der Waals surface area contributed by atoms with Crippen LogP contribution in [-0.4, -0.2) is 38.8 Å². The second-order valence-electron chi connectivity index (χ2n) is 1.07.